The number of ether oxygens (including phenoxy) is 1. The average molecular weight is 238 g/mol. The van der Waals surface area contributed by atoms with Crippen molar-refractivity contribution >= 4 is 0 Å². The van der Waals surface area contributed by atoms with Crippen LogP contribution in [0.3, 0.4) is 0 Å². The number of benzene rings is 1. The first-order chi connectivity index (χ1) is 8.31. The first-order valence-corrected chi connectivity index (χ1v) is 6.08. The number of nitrogens with one attached hydrogen (secondary N) is 1. The molecule has 0 heterocycles. The topological polar surface area (TPSA) is 67.5 Å². The molecule has 1 aromatic rings. The van der Waals surface area contributed by atoms with Crippen molar-refractivity contribution in [3.63, 3.8) is 0 Å². The van der Waals surface area contributed by atoms with Crippen molar-refractivity contribution in [3.8, 4) is 5.75 Å². The van der Waals surface area contributed by atoms with Crippen molar-refractivity contribution in [2.24, 2.45) is 5.73 Å². The number of aliphatic hydroxyl groups excluding tert-OH is 1. The molecule has 1 rings (SSSR count). The Hall–Kier alpha value is -1.10. The molecule has 0 aromatic heterocycles. The van der Waals surface area contributed by atoms with E-state index in [1.165, 1.54) is 0 Å². The molecule has 1 atom stereocenters. The minimum absolute atomic E-state index is 0.136. The van der Waals surface area contributed by atoms with Crippen LogP contribution in [0, 0.1) is 0 Å². The van der Waals surface area contributed by atoms with Gasteiger partial charge in [0.15, 0.2) is 0 Å². The van der Waals surface area contributed by atoms with Crippen LogP contribution in [0.15, 0.2) is 24.3 Å². The fourth-order valence-corrected chi connectivity index (χ4v) is 1.66. The highest BCUT2D eigenvalue weighted by atomic mass is 16.5. The fraction of sp³-hybridized carbons (Fsp3) is 0.538. The van der Waals surface area contributed by atoms with E-state index >= 15 is 0 Å². The summed E-state index contributed by atoms with van der Waals surface area (Å²) in [5.41, 5.74) is 6.87. The molecule has 17 heavy (non-hydrogen) atoms. The molecule has 1 aromatic carbocycles. The van der Waals surface area contributed by atoms with Crippen LogP contribution < -0.4 is 15.8 Å². The Bertz CT molecular complexity index is 301. The van der Waals surface area contributed by atoms with E-state index in [9.17, 15) is 0 Å². The van der Waals surface area contributed by atoms with Crippen molar-refractivity contribution in [2.45, 2.75) is 19.4 Å². The van der Waals surface area contributed by atoms with E-state index in [4.69, 9.17) is 15.6 Å². The summed E-state index contributed by atoms with van der Waals surface area (Å²) in [5, 5.41) is 12.0. The third kappa shape index (κ3) is 4.73. The predicted octanol–water partition coefficient (Wildman–Crippen LogP) is 1.06. The highest BCUT2D eigenvalue weighted by Crippen LogP contribution is 2.17. The second kappa shape index (κ2) is 8.06. The standard InChI is InChI=1S/C13H22N2O2/c1-2-17-12-6-4-11(5-7-12)13(10-14)15-8-3-9-16/h4-7,13,15-16H,2-3,8-10,14H2,1H3. The summed E-state index contributed by atoms with van der Waals surface area (Å²) in [6.07, 6.45) is 0.744. The number of hydrogen-bond acceptors (Lipinski definition) is 4. The van der Waals surface area contributed by atoms with Crippen LogP contribution in [-0.4, -0.2) is 31.4 Å². The van der Waals surface area contributed by atoms with Gasteiger partial charge in [0, 0.05) is 19.2 Å². The lowest BCUT2D eigenvalue weighted by molar-refractivity contribution is 0.283. The van der Waals surface area contributed by atoms with E-state index < -0.39 is 0 Å². The van der Waals surface area contributed by atoms with Crippen LogP contribution in [0.25, 0.3) is 0 Å². The van der Waals surface area contributed by atoms with Gasteiger partial charge in [-0.05, 0) is 37.6 Å². The number of rotatable bonds is 8. The molecule has 0 spiro atoms. The van der Waals surface area contributed by atoms with Crippen LogP contribution in [0.1, 0.15) is 24.9 Å². The molecule has 0 aliphatic rings. The van der Waals surface area contributed by atoms with Crippen molar-refractivity contribution in [2.75, 3.05) is 26.3 Å². The molecule has 4 N–H and O–H groups in total. The molecule has 0 saturated carbocycles. The van der Waals surface area contributed by atoms with Gasteiger partial charge in [-0.3, -0.25) is 0 Å². The van der Waals surface area contributed by atoms with Crippen molar-refractivity contribution in [1.82, 2.24) is 5.32 Å². The van der Waals surface area contributed by atoms with Crippen LogP contribution in [-0.2, 0) is 0 Å². The van der Waals surface area contributed by atoms with Gasteiger partial charge in [0.1, 0.15) is 5.75 Å². The summed E-state index contributed by atoms with van der Waals surface area (Å²) in [6, 6.07) is 8.09. The van der Waals surface area contributed by atoms with Crippen LogP contribution in [0.4, 0.5) is 0 Å². The van der Waals surface area contributed by atoms with Crippen molar-refractivity contribution < 1.29 is 9.84 Å². The Morgan fingerprint density at radius 2 is 2.06 bits per heavy atom. The zero-order valence-electron chi connectivity index (χ0n) is 10.4. The Labute approximate surface area is 103 Å². The summed E-state index contributed by atoms with van der Waals surface area (Å²) >= 11 is 0. The molecule has 0 bridgehead atoms. The summed E-state index contributed by atoms with van der Waals surface area (Å²) in [5.74, 6) is 0.877. The summed E-state index contributed by atoms with van der Waals surface area (Å²) in [7, 11) is 0. The van der Waals surface area contributed by atoms with Gasteiger partial charge in [-0.2, -0.15) is 0 Å². The minimum Gasteiger partial charge on any atom is -0.494 e. The van der Waals surface area contributed by atoms with Crippen LogP contribution >= 0.6 is 0 Å². The maximum Gasteiger partial charge on any atom is 0.119 e. The maximum absolute atomic E-state index is 8.73. The Morgan fingerprint density at radius 3 is 2.59 bits per heavy atom. The van der Waals surface area contributed by atoms with E-state index in [0.29, 0.717) is 13.2 Å². The van der Waals surface area contributed by atoms with E-state index in [1.54, 1.807) is 0 Å². The first-order valence-electron chi connectivity index (χ1n) is 6.08. The summed E-state index contributed by atoms with van der Waals surface area (Å²) < 4.78 is 5.39. The third-order valence-electron chi connectivity index (χ3n) is 2.55. The molecule has 0 aliphatic heterocycles. The molecule has 4 nitrogen and oxygen atoms in total. The van der Waals surface area contributed by atoms with Crippen LogP contribution in [0.2, 0.25) is 0 Å². The lowest BCUT2D eigenvalue weighted by atomic mass is 10.1. The van der Waals surface area contributed by atoms with Gasteiger partial charge in [0.25, 0.3) is 0 Å². The molecule has 0 radical (unpaired) electrons. The van der Waals surface area contributed by atoms with Gasteiger partial charge < -0.3 is 20.9 Å². The maximum atomic E-state index is 8.73. The smallest absolute Gasteiger partial charge is 0.119 e. The highest BCUT2D eigenvalue weighted by molar-refractivity contribution is 5.29. The van der Waals surface area contributed by atoms with E-state index in [0.717, 1.165) is 24.3 Å². The predicted molar refractivity (Wildman–Crippen MR) is 69.1 cm³/mol. The SMILES string of the molecule is CCOc1ccc(C(CN)NCCCO)cc1. The molecule has 96 valence electrons. The summed E-state index contributed by atoms with van der Waals surface area (Å²) in [4.78, 5) is 0. The third-order valence-corrected chi connectivity index (χ3v) is 2.55. The average Bonchev–Trinajstić information content (AvgIpc) is 2.36. The lowest BCUT2D eigenvalue weighted by Gasteiger charge is -2.17. The van der Waals surface area contributed by atoms with Crippen LogP contribution in [0.5, 0.6) is 5.75 Å². The molecule has 0 fully saturated rings. The molecular weight excluding hydrogens is 216 g/mol. The monoisotopic (exact) mass is 238 g/mol. The number of hydrogen-bond donors (Lipinski definition) is 3. The normalized spacial score (nSPS) is 12.4. The number of aliphatic hydroxyl groups is 1. The van der Waals surface area contributed by atoms with E-state index in [2.05, 4.69) is 5.32 Å². The van der Waals surface area contributed by atoms with Crippen molar-refractivity contribution in [1.29, 1.82) is 0 Å². The summed E-state index contributed by atoms with van der Waals surface area (Å²) in [6.45, 7) is 4.15. The number of nitrogens with two attached hydrogens (primary N) is 1. The van der Waals surface area contributed by atoms with E-state index in [1.807, 2.05) is 31.2 Å². The van der Waals surface area contributed by atoms with Gasteiger partial charge in [0.05, 0.1) is 6.61 Å². The second-order valence-corrected chi connectivity index (χ2v) is 3.82. The Balaban J connectivity index is 2.55. The quantitative estimate of drug-likeness (QED) is 0.592. The van der Waals surface area contributed by atoms with Gasteiger partial charge in [-0.25, -0.2) is 0 Å². The first kappa shape index (κ1) is 14.0. The Morgan fingerprint density at radius 1 is 1.35 bits per heavy atom. The fourth-order valence-electron chi connectivity index (χ4n) is 1.66. The van der Waals surface area contributed by atoms with Crippen molar-refractivity contribution in [3.05, 3.63) is 29.8 Å². The highest BCUT2D eigenvalue weighted by Gasteiger charge is 2.08. The zero-order valence-corrected chi connectivity index (χ0v) is 10.4. The molecule has 0 aliphatic carbocycles. The molecule has 0 amide bonds. The van der Waals surface area contributed by atoms with Gasteiger partial charge in [-0.1, -0.05) is 12.1 Å². The van der Waals surface area contributed by atoms with Gasteiger partial charge in [-0.15, -0.1) is 0 Å². The van der Waals surface area contributed by atoms with Gasteiger partial charge >= 0.3 is 0 Å². The zero-order chi connectivity index (χ0) is 12.5. The molecule has 4 heteroatoms. The molecule has 1 unspecified atom stereocenters. The lowest BCUT2D eigenvalue weighted by Crippen LogP contribution is -2.29. The van der Waals surface area contributed by atoms with Gasteiger partial charge in [0.2, 0.25) is 0 Å². The molecule has 0 saturated heterocycles. The second-order valence-electron chi connectivity index (χ2n) is 3.82. The Kier molecular flexibility index (Phi) is 6.62. The minimum atomic E-state index is 0.136. The van der Waals surface area contributed by atoms with E-state index in [-0.39, 0.29) is 12.6 Å². The molecular formula is C13H22N2O2. The largest absolute Gasteiger partial charge is 0.494 e.